The van der Waals surface area contributed by atoms with Gasteiger partial charge in [0.25, 0.3) is 0 Å². The fourth-order valence-corrected chi connectivity index (χ4v) is 1.72. The number of hydrogen-bond donors (Lipinski definition) is 1. The maximum absolute atomic E-state index is 12.1. The van der Waals surface area contributed by atoms with Gasteiger partial charge < -0.3 is 10.2 Å². The Morgan fingerprint density at radius 3 is 2.61 bits per heavy atom. The third kappa shape index (κ3) is 3.91. The van der Waals surface area contributed by atoms with Gasteiger partial charge in [-0.05, 0) is 44.9 Å². The third-order valence-electron chi connectivity index (χ3n) is 2.76. The Balaban J connectivity index is 2.79. The number of hydrogen-bond acceptors (Lipinski definition) is 1. The van der Waals surface area contributed by atoms with E-state index in [1.165, 1.54) is 0 Å². The maximum Gasteiger partial charge on any atom is 0.322 e. The quantitative estimate of drug-likeness (QED) is 0.807. The van der Waals surface area contributed by atoms with Gasteiger partial charge in [-0.1, -0.05) is 24.3 Å². The van der Waals surface area contributed by atoms with Crippen molar-refractivity contribution in [1.29, 1.82) is 0 Å². The molecule has 0 radical (unpaired) electrons. The van der Waals surface area contributed by atoms with Crippen LogP contribution in [-0.4, -0.2) is 24.0 Å². The lowest BCUT2D eigenvalue weighted by Crippen LogP contribution is -2.36. The Bertz CT molecular complexity index is 452. The summed E-state index contributed by atoms with van der Waals surface area (Å²) in [5, 5.41) is 2.95. The molecule has 0 spiro atoms. The molecule has 0 heterocycles. The van der Waals surface area contributed by atoms with Gasteiger partial charge in [-0.2, -0.15) is 0 Å². The summed E-state index contributed by atoms with van der Waals surface area (Å²) in [5.74, 6) is 0. The average Bonchev–Trinajstić information content (AvgIpc) is 2.30. The van der Waals surface area contributed by atoms with E-state index in [0.717, 1.165) is 22.4 Å². The summed E-state index contributed by atoms with van der Waals surface area (Å²) in [5.41, 5.74) is 4.06. The number of likely N-dealkylation sites (N-methyl/N-ethyl adjacent to an activating group) is 1. The Morgan fingerprint density at radius 2 is 2.06 bits per heavy atom. The van der Waals surface area contributed by atoms with E-state index in [-0.39, 0.29) is 6.03 Å². The summed E-state index contributed by atoms with van der Waals surface area (Å²) < 4.78 is 0. The molecule has 0 saturated carbocycles. The molecule has 3 nitrogen and oxygen atoms in total. The zero-order chi connectivity index (χ0) is 13.7. The van der Waals surface area contributed by atoms with Gasteiger partial charge in [-0.3, -0.25) is 0 Å². The van der Waals surface area contributed by atoms with E-state index >= 15 is 0 Å². The third-order valence-corrected chi connectivity index (χ3v) is 2.76. The molecule has 0 unspecified atom stereocenters. The first-order valence-corrected chi connectivity index (χ1v) is 6.21. The molecule has 1 N–H and O–H groups in total. The zero-order valence-corrected chi connectivity index (χ0v) is 11.7. The minimum absolute atomic E-state index is 0.0748. The predicted molar refractivity (Wildman–Crippen MR) is 77.0 cm³/mol. The number of benzene rings is 1. The van der Waals surface area contributed by atoms with Crippen LogP contribution in [0.3, 0.4) is 0 Å². The van der Waals surface area contributed by atoms with E-state index in [1.54, 1.807) is 4.90 Å². The summed E-state index contributed by atoms with van der Waals surface area (Å²) in [7, 11) is 0. The van der Waals surface area contributed by atoms with Crippen molar-refractivity contribution < 1.29 is 4.79 Å². The minimum Gasteiger partial charge on any atom is -0.321 e. The fourth-order valence-electron chi connectivity index (χ4n) is 1.72. The zero-order valence-electron chi connectivity index (χ0n) is 11.7. The highest BCUT2D eigenvalue weighted by Crippen LogP contribution is 2.17. The predicted octanol–water partition coefficient (Wildman–Crippen LogP) is 3.73. The van der Waals surface area contributed by atoms with Crippen LogP contribution in [0, 0.1) is 13.8 Å². The highest BCUT2D eigenvalue weighted by atomic mass is 16.2. The van der Waals surface area contributed by atoms with Crippen molar-refractivity contribution in [3.8, 4) is 0 Å². The first-order chi connectivity index (χ1) is 8.43. The number of carbonyl (C=O) groups is 1. The molecule has 0 aliphatic rings. The Morgan fingerprint density at radius 1 is 1.39 bits per heavy atom. The van der Waals surface area contributed by atoms with Crippen LogP contribution in [0.15, 0.2) is 30.4 Å². The summed E-state index contributed by atoms with van der Waals surface area (Å²) in [6.45, 7) is 13.0. The van der Waals surface area contributed by atoms with Crippen LogP contribution in [-0.2, 0) is 0 Å². The van der Waals surface area contributed by atoms with E-state index < -0.39 is 0 Å². The second-order valence-electron chi connectivity index (χ2n) is 4.72. The number of nitrogens with zero attached hydrogens (tertiary/aromatic N) is 1. The van der Waals surface area contributed by atoms with Crippen LogP contribution in [0.4, 0.5) is 10.5 Å². The molecule has 1 rings (SSSR count). The van der Waals surface area contributed by atoms with Crippen molar-refractivity contribution in [2.45, 2.75) is 27.7 Å². The van der Waals surface area contributed by atoms with E-state index in [1.807, 2.05) is 45.9 Å². The standard InChI is InChI=1S/C15H22N2O/c1-6-17(10-11(2)3)15(18)16-14-9-12(4)7-8-13(14)5/h7-9H,2,6,10H2,1,3-5H3,(H,16,18). The number of anilines is 1. The topological polar surface area (TPSA) is 32.3 Å². The molecular formula is C15H22N2O. The van der Waals surface area contributed by atoms with Gasteiger partial charge in [0.05, 0.1) is 0 Å². The van der Waals surface area contributed by atoms with Gasteiger partial charge in [-0.25, -0.2) is 4.79 Å². The van der Waals surface area contributed by atoms with Crippen molar-refractivity contribution in [2.24, 2.45) is 0 Å². The number of amides is 2. The lowest BCUT2D eigenvalue weighted by Gasteiger charge is -2.22. The smallest absolute Gasteiger partial charge is 0.321 e. The molecule has 0 aliphatic heterocycles. The number of nitrogens with one attached hydrogen (secondary N) is 1. The molecular weight excluding hydrogens is 224 g/mol. The minimum atomic E-state index is -0.0748. The van der Waals surface area contributed by atoms with E-state index in [2.05, 4.69) is 11.9 Å². The van der Waals surface area contributed by atoms with Gasteiger partial charge >= 0.3 is 6.03 Å². The number of carbonyl (C=O) groups excluding carboxylic acids is 1. The van der Waals surface area contributed by atoms with Crippen LogP contribution >= 0.6 is 0 Å². The first-order valence-electron chi connectivity index (χ1n) is 6.21. The molecule has 3 heteroatoms. The number of urea groups is 1. The van der Waals surface area contributed by atoms with E-state index in [9.17, 15) is 4.79 Å². The van der Waals surface area contributed by atoms with Gasteiger partial charge in [0.1, 0.15) is 0 Å². The van der Waals surface area contributed by atoms with Gasteiger partial charge in [0, 0.05) is 18.8 Å². The lowest BCUT2D eigenvalue weighted by molar-refractivity contribution is 0.218. The van der Waals surface area contributed by atoms with Gasteiger partial charge in [0.15, 0.2) is 0 Å². The van der Waals surface area contributed by atoms with Crippen LogP contribution in [0.2, 0.25) is 0 Å². The maximum atomic E-state index is 12.1. The molecule has 0 bridgehead atoms. The summed E-state index contributed by atoms with van der Waals surface area (Å²) in [4.78, 5) is 13.9. The first kappa shape index (κ1) is 14.3. The molecule has 1 aromatic carbocycles. The second kappa shape index (κ2) is 6.24. The van der Waals surface area contributed by atoms with Crippen LogP contribution in [0.1, 0.15) is 25.0 Å². The van der Waals surface area contributed by atoms with Gasteiger partial charge in [0.2, 0.25) is 0 Å². The molecule has 18 heavy (non-hydrogen) atoms. The number of rotatable bonds is 4. The van der Waals surface area contributed by atoms with Crippen molar-refractivity contribution >= 4 is 11.7 Å². The molecule has 2 amide bonds. The van der Waals surface area contributed by atoms with Crippen LogP contribution in [0.25, 0.3) is 0 Å². The van der Waals surface area contributed by atoms with Crippen molar-refractivity contribution in [2.75, 3.05) is 18.4 Å². The largest absolute Gasteiger partial charge is 0.322 e. The average molecular weight is 246 g/mol. The summed E-state index contributed by atoms with van der Waals surface area (Å²) in [6.07, 6.45) is 0. The van der Waals surface area contributed by atoms with E-state index in [4.69, 9.17) is 0 Å². The van der Waals surface area contributed by atoms with Crippen LogP contribution in [0.5, 0.6) is 0 Å². The second-order valence-corrected chi connectivity index (χ2v) is 4.72. The van der Waals surface area contributed by atoms with E-state index in [0.29, 0.717) is 13.1 Å². The van der Waals surface area contributed by atoms with Gasteiger partial charge in [-0.15, -0.1) is 0 Å². The van der Waals surface area contributed by atoms with Crippen molar-refractivity contribution in [3.05, 3.63) is 41.5 Å². The molecule has 0 fully saturated rings. The molecule has 0 atom stereocenters. The van der Waals surface area contributed by atoms with Crippen molar-refractivity contribution in [1.82, 2.24) is 4.90 Å². The molecule has 0 saturated heterocycles. The summed E-state index contributed by atoms with van der Waals surface area (Å²) >= 11 is 0. The fraction of sp³-hybridized carbons (Fsp3) is 0.400. The monoisotopic (exact) mass is 246 g/mol. The van der Waals surface area contributed by atoms with Crippen molar-refractivity contribution in [3.63, 3.8) is 0 Å². The summed E-state index contributed by atoms with van der Waals surface area (Å²) in [6, 6.07) is 5.97. The molecule has 1 aromatic rings. The highest BCUT2D eigenvalue weighted by molar-refractivity contribution is 5.90. The number of aryl methyl sites for hydroxylation is 2. The molecule has 0 aliphatic carbocycles. The SMILES string of the molecule is C=C(C)CN(CC)C(=O)Nc1cc(C)ccc1C. The highest BCUT2D eigenvalue weighted by Gasteiger charge is 2.12. The normalized spacial score (nSPS) is 10.0. The molecule has 0 aromatic heterocycles. The lowest BCUT2D eigenvalue weighted by atomic mass is 10.1. The van der Waals surface area contributed by atoms with Crippen LogP contribution < -0.4 is 5.32 Å². The Kier molecular flexibility index (Phi) is 4.95. The Hall–Kier alpha value is -1.77. The molecule has 98 valence electrons. The Labute approximate surface area is 109 Å².